The largest absolute Gasteiger partial charge is 0.192 e. The molecule has 8 heteroatoms. The van der Waals surface area contributed by atoms with Crippen LogP contribution in [0.1, 0.15) is 22.3 Å². The minimum atomic E-state index is 0.707. The van der Waals surface area contributed by atoms with Crippen LogP contribution in [0, 0.1) is 44.1 Å². The Balaban J connectivity index is 1.67. The molecule has 0 aliphatic rings. The van der Waals surface area contributed by atoms with Crippen molar-refractivity contribution in [3.05, 3.63) is 104 Å². The van der Waals surface area contributed by atoms with Crippen LogP contribution in [0.4, 0.5) is 0 Å². The van der Waals surface area contributed by atoms with Crippen molar-refractivity contribution in [1.29, 1.82) is 10.5 Å². The van der Waals surface area contributed by atoms with Crippen molar-refractivity contribution in [3.63, 3.8) is 0 Å². The molecule has 0 saturated heterocycles. The molecule has 0 bridgehead atoms. The van der Waals surface area contributed by atoms with Crippen LogP contribution in [0.2, 0.25) is 0 Å². The molecule has 0 aliphatic carbocycles. The molecule has 0 fully saturated rings. The maximum absolute atomic E-state index is 9.24. The molecule has 0 heterocycles. The number of benzene rings is 4. The highest BCUT2D eigenvalue weighted by atomic mass is 127. The van der Waals surface area contributed by atoms with Crippen LogP contribution in [0.3, 0.4) is 0 Å². The van der Waals surface area contributed by atoms with E-state index >= 15 is 0 Å². The molecular weight excluding hydrogens is 1110 g/mol. The number of rotatable bonds is 4. The van der Waals surface area contributed by atoms with E-state index in [1.807, 2.05) is 24.3 Å². The summed E-state index contributed by atoms with van der Waals surface area (Å²) in [6.45, 7) is 0. The molecule has 0 radical (unpaired) electrons. The molecule has 0 aliphatic heterocycles. The van der Waals surface area contributed by atoms with Crippen LogP contribution in [-0.2, 0) is 6.42 Å². The lowest BCUT2D eigenvalue weighted by Crippen LogP contribution is -2.01. The van der Waals surface area contributed by atoms with Gasteiger partial charge in [0, 0.05) is 21.4 Å². The summed E-state index contributed by atoms with van der Waals surface area (Å²) in [4.78, 5) is 0. The van der Waals surface area contributed by atoms with E-state index in [9.17, 15) is 10.5 Å². The fraction of sp³-hybridized carbons (Fsp3) is 0.0370. The third-order valence-corrected chi connectivity index (χ3v) is 14.1. The number of nitriles is 2. The van der Waals surface area contributed by atoms with Crippen LogP contribution in [0.5, 0.6) is 0 Å². The monoisotopic (exact) mass is 1130 g/mol. The lowest BCUT2D eigenvalue weighted by Gasteiger charge is -2.15. The van der Waals surface area contributed by atoms with Crippen molar-refractivity contribution in [2.75, 3.05) is 0 Å². The molecule has 0 aromatic heterocycles. The molecule has 35 heavy (non-hydrogen) atoms. The zero-order valence-electron chi connectivity index (χ0n) is 17.6. The molecule has 4 aromatic rings. The topological polar surface area (TPSA) is 47.6 Å². The Hall–Kier alpha value is 0.240. The minimum Gasteiger partial charge on any atom is -0.192 e. The molecule has 172 valence electrons. The maximum atomic E-state index is 9.24. The minimum absolute atomic E-state index is 0.707. The molecule has 4 rings (SSSR count). The molecule has 2 nitrogen and oxygen atoms in total. The van der Waals surface area contributed by atoms with Gasteiger partial charge in [-0.25, -0.2) is 0 Å². The second-order valence-electron chi connectivity index (χ2n) is 7.59. The van der Waals surface area contributed by atoms with Gasteiger partial charge in [0.2, 0.25) is 0 Å². The first-order chi connectivity index (χ1) is 16.7. The summed E-state index contributed by atoms with van der Waals surface area (Å²) in [7, 11) is 0. The highest BCUT2D eigenvalue weighted by Crippen LogP contribution is 2.36. The normalized spacial score (nSPS) is 10.6. The van der Waals surface area contributed by atoms with Gasteiger partial charge in [0.05, 0.1) is 11.1 Å². The van der Waals surface area contributed by atoms with Gasteiger partial charge in [-0.15, -0.1) is 0 Å². The zero-order valence-corrected chi connectivity index (χ0v) is 30.6. The van der Waals surface area contributed by atoms with Crippen LogP contribution in [0.25, 0.3) is 22.3 Å². The zero-order chi connectivity index (χ0) is 25.3. The van der Waals surface area contributed by atoms with E-state index in [4.69, 9.17) is 0 Å². The first-order valence-electron chi connectivity index (χ1n) is 10.1. The summed E-state index contributed by atoms with van der Waals surface area (Å²) in [5, 5.41) is 18.5. The molecule has 0 atom stereocenters. The molecule has 0 amide bonds. The lowest BCUT2D eigenvalue weighted by molar-refractivity contribution is 1.15. The summed E-state index contributed by atoms with van der Waals surface area (Å²) in [5.74, 6) is 0. The van der Waals surface area contributed by atoms with Crippen molar-refractivity contribution in [2.45, 2.75) is 6.42 Å². The van der Waals surface area contributed by atoms with Crippen molar-refractivity contribution >= 4 is 136 Å². The Morgan fingerprint density at radius 2 is 0.914 bits per heavy atom. The fourth-order valence-corrected chi connectivity index (χ4v) is 7.92. The first kappa shape index (κ1) is 28.3. The first-order valence-corrected chi connectivity index (χ1v) is 16.6. The predicted molar refractivity (Wildman–Crippen MR) is 192 cm³/mol. The van der Waals surface area contributed by atoms with Crippen LogP contribution < -0.4 is 0 Å². The maximum Gasteiger partial charge on any atom is 0.100 e. The van der Waals surface area contributed by atoms with Crippen molar-refractivity contribution in [2.24, 2.45) is 0 Å². The lowest BCUT2D eigenvalue weighted by atomic mass is 9.98. The van der Waals surface area contributed by atoms with Crippen LogP contribution in [-0.4, -0.2) is 0 Å². The van der Waals surface area contributed by atoms with Gasteiger partial charge in [0.25, 0.3) is 0 Å². The molecule has 4 aromatic carbocycles. The quantitative estimate of drug-likeness (QED) is 0.191. The summed E-state index contributed by atoms with van der Waals surface area (Å²) < 4.78 is 6.93. The number of hydrogen-bond donors (Lipinski definition) is 0. The van der Waals surface area contributed by atoms with E-state index < -0.39 is 0 Å². The van der Waals surface area contributed by atoms with Gasteiger partial charge in [0.15, 0.2) is 0 Å². The average Bonchev–Trinajstić information content (AvgIpc) is 2.85. The highest BCUT2D eigenvalue weighted by Gasteiger charge is 2.16. The van der Waals surface area contributed by atoms with Gasteiger partial charge < -0.3 is 0 Å². The fourth-order valence-electron chi connectivity index (χ4n) is 3.65. The third-order valence-electron chi connectivity index (χ3n) is 5.51. The number of halogens is 6. The molecule has 0 spiro atoms. The van der Waals surface area contributed by atoms with Crippen molar-refractivity contribution in [3.8, 4) is 34.4 Å². The van der Waals surface area contributed by atoms with E-state index in [0.717, 1.165) is 24.7 Å². The van der Waals surface area contributed by atoms with E-state index in [2.05, 4.69) is 184 Å². The van der Waals surface area contributed by atoms with Crippen molar-refractivity contribution < 1.29 is 0 Å². The van der Waals surface area contributed by atoms with E-state index in [0.29, 0.717) is 11.1 Å². The second kappa shape index (κ2) is 12.4. The number of hydrogen-bond acceptors (Lipinski definition) is 2. The second-order valence-corrected chi connectivity index (χ2v) is 14.2. The van der Waals surface area contributed by atoms with Gasteiger partial charge >= 0.3 is 0 Å². The van der Waals surface area contributed by atoms with Crippen LogP contribution in [0.15, 0.2) is 60.7 Å². The van der Waals surface area contributed by atoms with E-state index in [1.165, 1.54) is 36.5 Å². The predicted octanol–water partition coefficient (Wildman–Crippen LogP) is 9.98. The number of nitrogens with zero attached hydrogens (tertiary/aromatic N) is 2. The smallest absolute Gasteiger partial charge is 0.100 e. The van der Waals surface area contributed by atoms with E-state index in [-0.39, 0.29) is 0 Å². The summed E-state index contributed by atoms with van der Waals surface area (Å²) in [6.07, 6.45) is 0.860. The van der Waals surface area contributed by atoms with Crippen LogP contribution >= 0.6 is 136 Å². The summed E-state index contributed by atoms with van der Waals surface area (Å²) in [5.41, 5.74) is 8.67. The Labute approximate surface area is 286 Å². The van der Waals surface area contributed by atoms with Crippen molar-refractivity contribution in [1.82, 2.24) is 0 Å². The van der Waals surface area contributed by atoms with Gasteiger partial charge in [-0.3, -0.25) is 0 Å². The Kier molecular flexibility index (Phi) is 10.0. The Morgan fingerprint density at radius 1 is 0.514 bits per heavy atom. The molecule has 0 N–H and O–H groups in total. The standard InChI is InChI=1S/C27H12I6N2/c28-22-10-14(1-3-18(22)12-34)20-7-5-16(24(30)26(20)32)9-17-6-8-21(27(33)25(17)31)15-2-4-19(13-35)23(29)11-15/h1-8,10-11H,9H2. The molecular formula is C27H12I6N2. The summed E-state index contributed by atoms with van der Waals surface area (Å²) >= 11 is 14.3. The SMILES string of the molecule is N#Cc1ccc(-c2ccc(Cc3ccc(-c4ccc(C#N)c(I)c4)c(I)c3I)c(I)c2I)cc1I. The van der Waals surface area contributed by atoms with Gasteiger partial charge in [-0.1, -0.05) is 36.4 Å². The Bertz CT molecular complexity index is 1450. The third kappa shape index (κ3) is 6.12. The highest BCUT2D eigenvalue weighted by molar-refractivity contribution is 14.1. The van der Waals surface area contributed by atoms with Gasteiger partial charge in [0.1, 0.15) is 12.1 Å². The summed E-state index contributed by atoms with van der Waals surface area (Å²) in [6, 6.07) is 25.4. The van der Waals surface area contributed by atoms with E-state index in [1.54, 1.807) is 0 Å². The molecule has 0 saturated carbocycles. The van der Waals surface area contributed by atoms with Gasteiger partial charge in [-0.2, -0.15) is 10.5 Å². The Morgan fingerprint density at radius 3 is 1.26 bits per heavy atom. The van der Waals surface area contributed by atoms with Gasteiger partial charge in [-0.05, 0) is 200 Å². The molecule has 0 unspecified atom stereocenters. The average molecular weight is 1130 g/mol.